The number of thioether (sulfide) groups is 1. The van der Waals surface area contributed by atoms with Gasteiger partial charge in [-0.25, -0.2) is 9.07 Å². The van der Waals surface area contributed by atoms with E-state index in [1.807, 2.05) is 26.0 Å². The van der Waals surface area contributed by atoms with Gasteiger partial charge in [0.2, 0.25) is 11.1 Å². The van der Waals surface area contributed by atoms with E-state index in [1.165, 1.54) is 6.07 Å². The molecule has 0 bridgehead atoms. The number of hydrogen-bond acceptors (Lipinski definition) is 7. The van der Waals surface area contributed by atoms with E-state index in [0.717, 1.165) is 29.9 Å². The van der Waals surface area contributed by atoms with Crippen molar-refractivity contribution in [2.24, 2.45) is 0 Å². The number of ether oxygens (including phenoxy) is 2. The number of halogens is 1. The molecule has 2 heterocycles. The minimum absolute atomic E-state index is 0.0517. The first-order valence-corrected chi connectivity index (χ1v) is 13.1. The molecule has 1 aromatic heterocycles. The number of Topliss-reactive ketones (excluding diaryl/α,β-unsaturated/α-hetero) is 1. The van der Waals surface area contributed by atoms with Gasteiger partial charge in [0.25, 0.3) is 0 Å². The number of rotatable bonds is 11. The van der Waals surface area contributed by atoms with Gasteiger partial charge in [-0.2, -0.15) is 4.98 Å². The molecular formula is C27H31FN4O3S. The Morgan fingerprint density at radius 1 is 1.17 bits per heavy atom. The molecule has 0 fully saturated rings. The summed E-state index contributed by atoms with van der Waals surface area (Å²) in [5.74, 6) is 2.17. The summed E-state index contributed by atoms with van der Waals surface area (Å²) < 4.78 is 27.7. The highest BCUT2D eigenvalue weighted by Crippen LogP contribution is 2.40. The standard InChI is InChI=1S/C27H31FN4O3S/c1-5-7-14-36-27-30-26-29-17(3)24(18(4)33)25(32(26)31-27)19-12-13-22(23(15-19)34-6-2)35-16-20-10-8-9-11-21(20)28/h8-13,15,25H,5-7,14,16H2,1-4H3,(H,29,30,31). The Morgan fingerprint density at radius 2 is 1.97 bits per heavy atom. The summed E-state index contributed by atoms with van der Waals surface area (Å²) in [6.45, 7) is 7.96. The van der Waals surface area contributed by atoms with Crippen LogP contribution >= 0.6 is 11.8 Å². The smallest absolute Gasteiger partial charge is 0.227 e. The van der Waals surface area contributed by atoms with E-state index in [4.69, 9.17) is 14.6 Å². The number of benzene rings is 2. The van der Waals surface area contributed by atoms with Gasteiger partial charge in [-0.15, -0.1) is 5.10 Å². The molecule has 190 valence electrons. The van der Waals surface area contributed by atoms with E-state index in [2.05, 4.69) is 17.2 Å². The number of unbranched alkanes of at least 4 members (excludes halogenated alkanes) is 1. The molecule has 7 nitrogen and oxygen atoms in total. The highest BCUT2D eigenvalue weighted by atomic mass is 32.2. The maximum Gasteiger partial charge on any atom is 0.227 e. The molecule has 2 aromatic carbocycles. The topological polar surface area (TPSA) is 78.3 Å². The number of nitrogens with one attached hydrogen (secondary N) is 1. The van der Waals surface area contributed by atoms with Gasteiger partial charge in [-0.1, -0.05) is 49.4 Å². The van der Waals surface area contributed by atoms with Gasteiger partial charge in [-0.05, 0) is 51.0 Å². The summed E-state index contributed by atoms with van der Waals surface area (Å²) in [7, 11) is 0. The quantitative estimate of drug-likeness (QED) is 0.244. The summed E-state index contributed by atoms with van der Waals surface area (Å²) >= 11 is 1.60. The lowest BCUT2D eigenvalue weighted by molar-refractivity contribution is -0.114. The number of aromatic nitrogens is 3. The third-order valence-corrected chi connectivity index (χ3v) is 6.79. The lowest BCUT2D eigenvalue weighted by Gasteiger charge is -2.28. The van der Waals surface area contributed by atoms with Crippen LogP contribution in [-0.4, -0.2) is 32.9 Å². The zero-order chi connectivity index (χ0) is 25.7. The fourth-order valence-corrected chi connectivity index (χ4v) is 5.03. The molecule has 0 radical (unpaired) electrons. The van der Waals surface area contributed by atoms with E-state index >= 15 is 0 Å². The molecule has 3 aromatic rings. The van der Waals surface area contributed by atoms with Crippen molar-refractivity contribution in [3.05, 3.63) is 70.7 Å². The predicted molar refractivity (Wildman–Crippen MR) is 139 cm³/mol. The molecular weight excluding hydrogens is 479 g/mol. The van der Waals surface area contributed by atoms with Crippen molar-refractivity contribution in [1.29, 1.82) is 0 Å². The molecule has 36 heavy (non-hydrogen) atoms. The van der Waals surface area contributed by atoms with Crippen LogP contribution in [0.5, 0.6) is 11.5 Å². The summed E-state index contributed by atoms with van der Waals surface area (Å²) in [6, 6.07) is 11.6. The maximum absolute atomic E-state index is 14.1. The molecule has 0 saturated carbocycles. The summed E-state index contributed by atoms with van der Waals surface area (Å²) in [5.41, 5.74) is 2.63. The molecule has 1 N–H and O–H groups in total. The van der Waals surface area contributed by atoms with E-state index in [0.29, 0.717) is 40.3 Å². The van der Waals surface area contributed by atoms with Crippen molar-refractivity contribution in [3.8, 4) is 11.5 Å². The Hall–Kier alpha value is -3.33. The second kappa shape index (κ2) is 11.6. The van der Waals surface area contributed by atoms with Gasteiger partial charge in [0, 0.05) is 22.6 Å². The molecule has 0 spiro atoms. The fraction of sp³-hybridized carbons (Fsp3) is 0.370. The normalized spacial score (nSPS) is 14.9. The van der Waals surface area contributed by atoms with Gasteiger partial charge in [0.1, 0.15) is 18.5 Å². The number of hydrogen-bond donors (Lipinski definition) is 1. The summed E-state index contributed by atoms with van der Waals surface area (Å²) in [6.07, 6.45) is 2.18. The second-order valence-corrected chi connectivity index (χ2v) is 9.57. The Kier molecular flexibility index (Phi) is 8.30. The van der Waals surface area contributed by atoms with Crippen molar-refractivity contribution < 1.29 is 18.7 Å². The van der Waals surface area contributed by atoms with Crippen LogP contribution in [-0.2, 0) is 11.4 Å². The van der Waals surface area contributed by atoms with Crippen LogP contribution in [0.25, 0.3) is 0 Å². The molecule has 4 rings (SSSR count). The van der Waals surface area contributed by atoms with Crippen molar-refractivity contribution in [2.45, 2.75) is 58.3 Å². The van der Waals surface area contributed by atoms with Crippen molar-refractivity contribution in [2.75, 3.05) is 17.7 Å². The van der Waals surface area contributed by atoms with Crippen LogP contribution in [0.2, 0.25) is 0 Å². The number of ketones is 1. The van der Waals surface area contributed by atoms with E-state index in [1.54, 1.807) is 47.6 Å². The first-order chi connectivity index (χ1) is 17.4. The number of anilines is 1. The number of carbonyl (C=O) groups excluding carboxylic acids is 1. The lowest BCUT2D eigenvalue weighted by Crippen LogP contribution is -2.27. The Morgan fingerprint density at radius 3 is 2.69 bits per heavy atom. The van der Waals surface area contributed by atoms with Crippen LogP contribution in [0.4, 0.5) is 10.3 Å². The molecule has 1 unspecified atom stereocenters. The Bertz CT molecular complexity index is 1270. The summed E-state index contributed by atoms with van der Waals surface area (Å²) in [5, 5.41) is 8.65. The molecule has 1 aliphatic heterocycles. The first kappa shape index (κ1) is 25.8. The van der Waals surface area contributed by atoms with Crippen LogP contribution in [0.1, 0.15) is 57.7 Å². The van der Waals surface area contributed by atoms with E-state index < -0.39 is 6.04 Å². The first-order valence-electron chi connectivity index (χ1n) is 12.1. The van der Waals surface area contributed by atoms with Crippen LogP contribution in [0.3, 0.4) is 0 Å². The second-order valence-electron chi connectivity index (χ2n) is 8.51. The van der Waals surface area contributed by atoms with Gasteiger partial charge in [-0.3, -0.25) is 4.79 Å². The largest absolute Gasteiger partial charge is 0.490 e. The third kappa shape index (κ3) is 5.56. The van der Waals surface area contributed by atoms with Gasteiger partial charge < -0.3 is 14.8 Å². The number of carbonyl (C=O) groups is 1. The molecule has 0 aliphatic carbocycles. The highest BCUT2D eigenvalue weighted by Gasteiger charge is 2.33. The maximum atomic E-state index is 14.1. The number of allylic oxidation sites excluding steroid dienone is 2. The minimum atomic E-state index is -0.466. The predicted octanol–water partition coefficient (Wildman–Crippen LogP) is 6.17. The van der Waals surface area contributed by atoms with E-state index in [9.17, 15) is 9.18 Å². The molecule has 1 atom stereocenters. The number of fused-ring (bicyclic) bond motifs is 1. The average Bonchev–Trinajstić information content (AvgIpc) is 3.25. The highest BCUT2D eigenvalue weighted by molar-refractivity contribution is 7.99. The van der Waals surface area contributed by atoms with Gasteiger partial charge >= 0.3 is 0 Å². The Balaban J connectivity index is 1.69. The summed E-state index contributed by atoms with van der Waals surface area (Å²) in [4.78, 5) is 17.4. The SMILES string of the molecule is CCCCSc1nc2n(n1)C(c1ccc(OCc3ccccc3F)c(OCC)c1)C(C(C)=O)=C(C)N2. The average molecular weight is 511 g/mol. The van der Waals surface area contributed by atoms with Crippen molar-refractivity contribution >= 4 is 23.5 Å². The monoisotopic (exact) mass is 510 g/mol. The van der Waals surface area contributed by atoms with Crippen LogP contribution in [0.15, 0.2) is 58.9 Å². The van der Waals surface area contributed by atoms with Crippen LogP contribution in [0, 0.1) is 5.82 Å². The zero-order valence-corrected chi connectivity index (χ0v) is 21.8. The molecule has 0 saturated heterocycles. The van der Waals surface area contributed by atoms with E-state index in [-0.39, 0.29) is 18.2 Å². The zero-order valence-electron chi connectivity index (χ0n) is 21.0. The molecule has 0 amide bonds. The lowest BCUT2D eigenvalue weighted by atomic mass is 9.93. The third-order valence-electron chi connectivity index (χ3n) is 5.87. The molecule has 9 heteroatoms. The Labute approximate surface area is 215 Å². The molecule has 1 aliphatic rings. The van der Waals surface area contributed by atoms with Crippen molar-refractivity contribution in [1.82, 2.24) is 14.8 Å². The van der Waals surface area contributed by atoms with Gasteiger partial charge in [0.15, 0.2) is 17.3 Å². The van der Waals surface area contributed by atoms with Crippen LogP contribution < -0.4 is 14.8 Å². The fourth-order valence-electron chi connectivity index (χ4n) is 4.12. The number of nitrogens with zero attached hydrogens (tertiary/aromatic N) is 3. The minimum Gasteiger partial charge on any atom is -0.490 e. The van der Waals surface area contributed by atoms with Crippen molar-refractivity contribution in [3.63, 3.8) is 0 Å². The van der Waals surface area contributed by atoms with Gasteiger partial charge in [0.05, 0.1) is 6.61 Å².